The molecule has 9 nitrogen and oxygen atoms in total. The van der Waals surface area contributed by atoms with Crippen LogP contribution in [0.25, 0.3) is 0 Å². The Hall–Kier alpha value is -2.07. The lowest BCUT2D eigenvalue weighted by Gasteiger charge is -2.33. The highest BCUT2D eigenvalue weighted by molar-refractivity contribution is 7.88. The molecule has 2 amide bonds. The molecule has 1 fully saturated rings. The zero-order chi connectivity index (χ0) is 16.9. The molecule has 1 aromatic rings. The second-order valence-corrected chi connectivity index (χ2v) is 7.12. The number of carbonyl (C=O) groups is 2. The minimum absolute atomic E-state index is 0.113. The van der Waals surface area contributed by atoms with Gasteiger partial charge in [-0.05, 0) is 0 Å². The van der Waals surface area contributed by atoms with Crippen molar-refractivity contribution in [3.05, 3.63) is 24.3 Å². The van der Waals surface area contributed by atoms with Crippen LogP contribution in [-0.2, 0) is 14.8 Å². The van der Waals surface area contributed by atoms with E-state index in [1.165, 1.54) is 22.9 Å². The van der Waals surface area contributed by atoms with Crippen molar-refractivity contribution < 1.29 is 18.0 Å². The zero-order valence-corrected chi connectivity index (χ0v) is 13.6. The van der Waals surface area contributed by atoms with Gasteiger partial charge in [0.2, 0.25) is 15.9 Å². The van der Waals surface area contributed by atoms with E-state index in [-0.39, 0.29) is 30.5 Å². The van der Waals surface area contributed by atoms with E-state index in [9.17, 15) is 18.0 Å². The smallest absolute Gasteiger partial charge is 0.271 e. The maximum atomic E-state index is 12.1. The minimum atomic E-state index is -3.21. The highest BCUT2D eigenvalue weighted by Gasteiger charge is 2.25. The molecule has 2 heterocycles. The second-order valence-electron chi connectivity index (χ2n) is 5.14. The zero-order valence-electron chi connectivity index (χ0n) is 12.8. The van der Waals surface area contributed by atoms with Crippen LogP contribution < -0.4 is 5.32 Å². The van der Waals surface area contributed by atoms with Gasteiger partial charge in [0, 0.05) is 51.5 Å². The lowest BCUT2D eigenvalue weighted by atomic mass is 10.3. The van der Waals surface area contributed by atoms with Crippen LogP contribution in [-0.4, -0.2) is 78.4 Å². The third-order valence-electron chi connectivity index (χ3n) is 3.48. The van der Waals surface area contributed by atoms with E-state index in [2.05, 4.69) is 15.3 Å². The van der Waals surface area contributed by atoms with Crippen LogP contribution in [0.5, 0.6) is 0 Å². The van der Waals surface area contributed by atoms with Crippen LogP contribution in [0.4, 0.5) is 0 Å². The van der Waals surface area contributed by atoms with E-state index in [1.54, 1.807) is 4.90 Å². The Morgan fingerprint density at radius 3 is 2.48 bits per heavy atom. The minimum Gasteiger partial charge on any atom is -0.350 e. The van der Waals surface area contributed by atoms with Crippen LogP contribution in [0.15, 0.2) is 18.6 Å². The molecule has 0 saturated carbocycles. The van der Waals surface area contributed by atoms with E-state index >= 15 is 0 Å². The third-order valence-corrected chi connectivity index (χ3v) is 4.78. The number of sulfonamides is 1. The largest absolute Gasteiger partial charge is 0.350 e. The Morgan fingerprint density at radius 1 is 1.22 bits per heavy atom. The van der Waals surface area contributed by atoms with Gasteiger partial charge in [-0.3, -0.25) is 14.6 Å². The van der Waals surface area contributed by atoms with Gasteiger partial charge in [0.15, 0.2) is 0 Å². The van der Waals surface area contributed by atoms with E-state index in [4.69, 9.17) is 0 Å². The molecule has 0 atom stereocenters. The summed E-state index contributed by atoms with van der Waals surface area (Å²) in [6, 6.07) is 0. The normalized spacial score (nSPS) is 16.1. The maximum absolute atomic E-state index is 12.1. The number of nitrogens with zero attached hydrogens (tertiary/aromatic N) is 4. The number of hydrogen-bond donors (Lipinski definition) is 1. The molecule has 0 unspecified atom stereocenters. The Morgan fingerprint density at radius 2 is 1.91 bits per heavy atom. The number of piperazine rings is 1. The van der Waals surface area contributed by atoms with Gasteiger partial charge in [-0.1, -0.05) is 0 Å². The van der Waals surface area contributed by atoms with Crippen LogP contribution in [0.2, 0.25) is 0 Å². The fourth-order valence-electron chi connectivity index (χ4n) is 2.22. The number of rotatable bonds is 5. The summed E-state index contributed by atoms with van der Waals surface area (Å²) < 4.78 is 24.2. The van der Waals surface area contributed by atoms with E-state index in [0.29, 0.717) is 26.2 Å². The summed E-state index contributed by atoms with van der Waals surface area (Å²) in [7, 11) is -3.21. The Kier molecular flexibility index (Phi) is 5.61. The second kappa shape index (κ2) is 7.47. The van der Waals surface area contributed by atoms with Gasteiger partial charge >= 0.3 is 0 Å². The van der Waals surface area contributed by atoms with Crippen molar-refractivity contribution in [1.29, 1.82) is 0 Å². The number of carbonyl (C=O) groups excluding carboxylic acids is 2. The van der Waals surface area contributed by atoms with E-state index in [0.717, 1.165) is 6.26 Å². The highest BCUT2D eigenvalue weighted by atomic mass is 32.2. The molecule has 0 spiro atoms. The maximum Gasteiger partial charge on any atom is 0.271 e. The first-order chi connectivity index (χ1) is 10.9. The first-order valence-electron chi connectivity index (χ1n) is 7.15. The lowest BCUT2D eigenvalue weighted by Crippen LogP contribution is -2.50. The van der Waals surface area contributed by atoms with Crippen LogP contribution in [0, 0.1) is 0 Å². The van der Waals surface area contributed by atoms with E-state index < -0.39 is 10.0 Å². The number of amides is 2. The highest BCUT2D eigenvalue weighted by Crippen LogP contribution is 2.07. The molecule has 0 bridgehead atoms. The molecule has 0 aromatic carbocycles. The average Bonchev–Trinajstić information content (AvgIpc) is 2.54. The van der Waals surface area contributed by atoms with Gasteiger partial charge in [0.1, 0.15) is 5.69 Å². The SMILES string of the molecule is CS(=O)(=O)N1CCN(C(=O)CCNC(=O)c2cnccn2)CC1. The molecular weight excluding hydrogens is 322 g/mol. The van der Waals surface area contributed by atoms with Gasteiger partial charge in [-0.15, -0.1) is 0 Å². The summed E-state index contributed by atoms with van der Waals surface area (Å²) in [5.41, 5.74) is 0.196. The summed E-state index contributed by atoms with van der Waals surface area (Å²) >= 11 is 0. The summed E-state index contributed by atoms with van der Waals surface area (Å²) in [5.74, 6) is -0.495. The van der Waals surface area contributed by atoms with Crippen LogP contribution in [0.3, 0.4) is 0 Å². The molecule has 1 saturated heterocycles. The number of aromatic nitrogens is 2. The van der Waals surface area contributed by atoms with Gasteiger partial charge in [0.05, 0.1) is 12.5 Å². The summed E-state index contributed by atoms with van der Waals surface area (Å²) in [6.45, 7) is 1.53. The topological polar surface area (TPSA) is 113 Å². The van der Waals surface area contributed by atoms with E-state index in [1.807, 2.05) is 0 Å². The molecular formula is C13H19N5O4S. The molecule has 126 valence electrons. The summed E-state index contributed by atoms with van der Waals surface area (Å²) in [6.07, 6.45) is 5.55. The Bertz CT molecular complexity index is 656. The van der Waals surface area contributed by atoms with Gasteiger partial charge in [-0.2, -0.15) is 4.31 Å². The molecule has 1 N–H and O–H groups in total. The quantitative estimate of drug-likeness (QED) is 0.712. The molecule has 2 rings (SSSR count). The Labute approximate surface area is 134 Å². The third kappa shape index (κ3) is 4.96. The van der Waals surface area contributed by atoms with Crippen LogP contribution in [0.1, 0.15) is 16.9 Å². The van der Waals surface area contributed by atoms with Crippen molar-refractivity contribution in [2.75, 3.05) is 39.0 Å². The predicted octanol–water partition coefficient (Wildman–Crippen LogP) is -1.30. The van der Waals surface area contributed by atoms with Crippen molar-refractivity contribution in [2.45, 2.75) is 6.42 Å². The van der Waals surface area contributed by atoms with Crippen molar-refractivity contribution in [1.82, 2.24) is 24.5 Å². The molecule has 1 aliphatic rings. The lowest BCUT2D eigenvalue weighted by molar-refractivity contribution is -0.132. The summed E-state index contributed by atoms with van der Waals surface area (Å²) in [5, 5.41) is 2.61. The molecule has 1 aliphatic heterocycles. The molecule has 1 aromatic heterocycles. The monoisotopic (exact) mass is 341 g/mol. The first kappa shape index (κ1) is 17.3. The van der Waals surface area contributed by atoms with Crippen molar-refractivity contribution >= 4 is 21.8 Å². The molecule has 10 heteroatoms. The van der Waals surface area contributed by atoms with Gasteiger partial charge in [-0.25, -0.2) is 13.4 Å². The predicted molar refractivity (Wildman–Crippen MR) is 82.0 cm³/mol. The van der Waals surface area contributed by atoms with Crippen molar-refractivity contribution in [3.63, 3.8) is 0 Å². The van der Waals surface area contributed by atoms with Gasteiger partial charge < -0.3 is 10.2 Å². The summed E-state index contributed by atoms with van der Waals surface area (Å²) in [4.78, 5) is 33.1. The van der Waals surface area contributed by atoms with Crippen molar-refractivity contribution in [3.8, 4) is 0 Å². The van der Waals surface area contributed by atoms with Crippen LogP contribution >= 0.6 is 0 Å². The van der Waals surface area contributed by atoms with Gasteiger partial charge in [0.25, 0.3) is 5.91 Å². The molecule has 0 radical (unpaired) electrons. The average molecular weight is 341 g/mol. The Balaban J connectivity index is 1.73. The first-order valence-corrected chi connectivity index (χ1v) is 9.00. The number of hydrogen-bond acceptors (Lipinski definition) is 6. The molecule has 0 aliphatic carbocycles. The fourth-order valence-corrected chi connectivity index (χ4v) is 3.04. The van der Waals surface area contributed by atoms with Crippen molar-refractivity contribution in [2.24, 2.45) is 0 Å². The fraction of sp³-hybridized carbons (Fsp3) is 0.538. The number of nitrogens with one attached hydrogen (secondary N) is 1. The molecule has 23 heavy (non-hydrogen) atoms. The standard InChI is InChI=1S/C13H19N5O4S/c1-23(21,22)18-8-6-17(7-9-18)12(19)2-3-16-13(20)11-10-14-4-5-15-11/h4-5,10H,2-3,6-9H2,1H3,(H,16,20).